The molecule has 0 N–H and O–H groups in total. The number of ketones is 1. The van der Waals surface area contributed by atoms with Gasteiger partial charge in [0.15, 0.2) is 5.78 Å². The van der Waals surface area contributed by atoms with Crippen LogP contribution in [0.3, 0.4) is 0 Å². The van der Waals surface area contributed by atoms with Crippen LogP contribution in [0, 0.1) is 0 Å². The fourth-order valence-corrected chi connectivity index (χ4v) is 7.34. The molecule has 2 aromatic carbocycles. The summed E-state index contributed by atoms with van der Waals surface area (Å²) in [4.78, 5) is 18.7. The first kappa shape index (κ1) is 20.6. The van der Waals surface area contributed by atoms with Gasteiger partial charge in [0.05, 0.1) is 0 Å². The van der Waals surface area contributed by atoms with E-state index in [-0.39, 0.29) is 0 Å². The average molecular weight is 451 g/mol. The van der Waals surface area contributed by atoms with Crippen molar-refractivity contribution in [3.05, 3.63) is 82.0 Å². The highest BCUT2D eigenvalue weighted by Crippen LogP contribution is 2.44. The molecule has 0 radical (unpaired) electrons. The van der Waals surface area contributed by atoms with Crippen molar-refractivity contribution in [2.45, 2.75) is 63.2 Å². The Balaban J connectivity index is 1.17. The molecule has 2 atom stereocenters. The molecule has 4 heterocycles. The molecule has 174 valence electrons. The lowest BCUT2D eigenvalue weighted by atomic mass is 9.83. The van der Waals surface area contributed by atoms with Crippen LogP contribution in [-0.4, -0.2) is 32.0 Å². The summed E-state index contributed by atoms with van der Waals surface area (Å²) >= 11 is 0. The number of rotatable bonds is 2. The first-order chi connectivity index (χ1) is 16.8. The molecule has 5 aliphatic rings. The second-order valence-corrected chi connectivity index (χ2v) is 10.9. The van der Waals surface area contributed by atoms with E-state index in [2.05, 4.69) is 58.4 Å². The van der Waals surface area contributed by atoms with Gasteiger partial charge in [-0.2, -0.15) is 0 Å². The van der Waals surface area contributed by atoms with Gasteiger partial charge in [0.25, 0.3) is 0 Å². The van der Waals surface area contributed by atoms with Gasteiger partial charge in [0.2, 0.25) is 0 Å². The Morgan fingerprint density at radius 2 is 1.15 bits per heavy atom. The topological polar surface area (TPSA) is 23.6 Å². The molecule has 34 heavy (non-hydrogen) atoms. The number of nitrogens with zero attached hydrogens (tertiary/aromatic N) is 2. The largest absolute Gasteiger partial charge is 0.371 e. The number of carbonyl (C=O) groups is 1. The highest BCUT2D eigenvalue weighted by atomic mass is 16.1. The second-order valence-electron chi connectivity index (χ2n) is 10.9. The number of Topliss-reactive ketones (excluding diaryl/α,β-unsaturated/α-hetero) is 1. The van der Waals surface area contributed by atoms with E-state index in [0.29, 0.717) is 17.6 Å². The van der Waals surface area contributed by atoms with Crippen molar-refractivity contribution in [3.8, 4) is 0 Å². The molecule has 0 aromatic heterocycles. The Kier molecular flexibility index (Phi) is 4.93. The minimum atomic E-state index is 0.319. The quantitative estimate of drug-likeness (QED) is 0.518. The van der Waals surface area contributed by atoms with Crippen molar-refractivity contribution in [2.24, 2.45) is 0 Å². The smallest absolute Gasteiger partial charge is 0.184 e. The van der Waals surface area contributed by atoms with Gasteiger partial charge in [-0.3, -0.25) is 4.79 Å². The normalized spacial score (nSPS) is 27.8. The Hall–Kier alpha value is -2.81. The summed E-state index contributed by atoms with van der Waals surface area (Å²) in [7, 11) is 0. The maximum atomic E-state index is 13.5. The minimum absolute atomic E-state index is 0.319. The Morgan fingerprint density at radius 1 is 0.647 bits per heavy atom. The molecular weight excluding hydrogens is 416 g/mol. The van der Waals surface area contributed by atoms with Crippen molar-refractivity contribution in [2.75, 3.05) is 36.0 Å². The molecule has 2 aromatic rings. The van der Waals surface area contributed by atoms with E-state index in [9.17, 15) is 4.79 Å². The fourth-order valence-electron chi connectivity index (χ4n) is 7.34. The van der Waals surface area contributed by atoms with Crippen LogP contribution >= 0.6 is 0 Å². The molecule has 0 saturated heterocycles. The van der Waals surface area contributed by atoms with Gasteiger partial charge >= 0.3 is 0 Å². The third-order valence-corrected chi connectivity index (χ3v) is 8.95. The van der Waals surface area contributed by atoms with E-state index in [4.69, 9.17) is 0 Å². The molecule has 0 bridgehead atoms. The summed E-state index contributed by atoms with van der Waals surface area (Å²) in [6.45, 7) is 4.60. The molecule has 3 nitrogen and oxygen atoms in total. The predicted molar refractivity (Wildman–Crippen MR) is 139 cm³/mol. The van der Waals surface area contributed by atoms with Crippen LogP contribution < -0.4 is 9.80 Å². The second kappa shape index (κ2) is 8.15. The van der Waals surface area contributed by atoms with E-state index < -0.39 is 0 Å². The highest BCUT2D eigenvalue weighted by Gasteiger charge is 2.33. The summed E-state index contributed by atoms with van der Waals surface area (Å²) in [6.07, 6.45) is 13.7. The Labute approximate surface area is 203 Å². The van der Waals surface area contributed by atoms with Gasteiger partial charge < -0.3 is 9.80 Å². The Bertz CT molecular complexity index is 1130. The van der Waals surface area contributed by atoms with Crippen LogP contribution in [-0.2, 0) is 17.6 Å². The summed E-state index contributed by atoms with van der Waals surface area (Å²) in [5, 5.41) is 0. The monoisotopic (exact) mass is 450 g/mol. The summed E-state index contributed by atoms with van der Waals surface area (Å²) in [5.41, 5.74) is 11.0. The fraction of sp³-hybridized carbons (Fsp3) is 0.452. The molecule has 3 heteroatoms. The number of allylic oxidation sites excluding steroid dienone is 4. The average Bonchev–Trinajstić information content (AvgIpc) is 3.21. The number of aryl methyl sites for hydroxylation is 2. The molecule has 0 amide bonds. The number of para-hydroxylation sites is 2. The standard InChI is InChI=1S/C31H34N2O/c34-31-25(19-23-13-17-32-15-3-7-21-5-1-9-27(23)29(21)32)11-12-26(31)20-24-14-18-33-16-4-8-22-6-2-10-28(24)30(22)33/h1-2,5-6,9-10,19-20,23-24H,3-4,7-8,11-18H2. The summed E-state index contributed by atoms with van der Waals surface area (Å²) in [5.74, 6) is 1.08. The minimum Gasteiger partial charge on any atom is -0.371 e. The Morgan fingerprint density at radius 3 is 1.65 bits per heavy atom. The zero-order valence-electron chi connectivity index (χ0n) is 20.1. The van der Waals surface area contributed by atoms with Gasteiger partial charge in [-0.1, -0.05) is 48.6 Å². The van der Waals surface area contributed by atoms with E-state index in [1.165, 1.54) is 72.4 Å². The van der Waals surface area contributed by atoms with Crippen molar-refractivity contribution in [1.82, 2.24) is 0 Å². The van der Waals surface area contributed by atoms with Crippen LogP contribution in [0.1, 0.15) is 72.6 Å². The lowest BCUT2D eigenvalue weighted by molar-refractivity contribution is -0.111. The molecule has 4 aliphatic heterocycles. The molecule has 0 spiro atoms. The van der Waals surface area contributed by atoms with Crippen molar-refractivity contribution < 1.29 is 4.79 Å². The van der Waals surface area contributed by atoms with Crippen LogP contribution in [0.25, 0.3) is 0 Å². The van der Waals surface area contributed by atoms with Gasteiger partial charge in [0.1, 0.15) is 0 Å². The number of benzene rings is 2. The van der Waals surface area contributed by atoms with Gasteiger partial charge in [-0.05, 0) is 84.8 Å². The maximum absolute atomic E-state index is 13.5. The van der Waals surface area contributed by atoms with Crippen molar-refractivity contribution >= 4 is 17.2 Å². The zero-order valence-corrected chi connectivity index (χ0v) is 20.1. The van der Waals surface area contributed by atoms with Crippen LogP contribution in [0.4, 0.5) is 11.4 Å². The summed E-state index contributed by atoms with van der Waals surface area (Å²) in [6, 6.07) is 13.7. The number of hydrogen-bond acceptors (Lipinski definition) is 3. The third-order valence-electron chi connectivity index (χ3n) is 8.95. The lowest BCUT2D eigenvalue weighted by Gasteiger charge is -2.39. The first-order valence-corrected chi connectivity index (χ1v) is 13.5. The van der Waals surface area contributed by atoms with Crippen LogP contribution in [0.15, 0.2) is 59.7 Å². The number of hydrogen-bond donors (Lipinski definition) is 0. The molecule has 1 aliphatic carbocycles. The van der Waals surface area contributed by atoms with Gasteiger partial charge in [-0.15, -0.1) is 0 Å². The molecule has 1 saturated carbocycles. The molecule has 7 rings (SSSR count). The lowest BCUT2D eigenvalue weighted by Crippen LogP contribution is -2.35. The zero-order chi connectivity index (χ0) is 22.6. The highest BCUT2D eigenvalue weighted by molar-refractivity contribution is 6.10. The van der Waals surface area contributed by atoms with Crippen molar-refractivity contribution in [1.29, 1.82) is 0 Å². The van der Waals surface area contributed by atoms with Crippen LogP contribution in [0.5, 0.6) is 0 Å². The van der Waals surface area contributed by atoms with Gasteiger partial charge in [0, 0.05) is 49.4 Å². The third kappa shape index (κ3) is 3.27. The first-order valence-electron chi connectivity index (χ1n) is 13.5. The molecular formula is C31H34N2O. The molecule has 2 unspecified atom stereocenters. The number of anilines is 2. The maximum Gasteiger partial charge on any atom is 0.184 e. The summed E-state index contributed by atoms with van der Waals surface area (Å²) < 4.78 is 0. The predicted octanol–water partition coefficient (Wildman–Crippen LogP) is 6.08. The van der Waals surface area contributed by atoms with E-state index in [0.717, 1.165) is 49.9 Å². The van der Waals surface area contributed by atoms with E-state index in [1.54, 1.807) is 0 Å². The molecule has 1 fully saturated rings. The SMILES string of the molecule is O=C1C(=CC2CCN3CCCc4cccc2c43)CCC1=CC1CCN2CCCc3cccc1c32. The number of carbonyl (C=O) groups excluding carboxylic acids is 1. The van der Waals surface area contributed by atoms with Gasteiger partial charge in [-0.25, -0.2) is 0 Å². The van der Waals surface area contributed by atoms with E-state index >= 15 is 0 Å². The van der Waals surface area contributed by atoms with Crippen LogP contribution in [0.2, 0.25) is 0 Å². The van der Waals surface area contributed by atoms with Crippen molar-refractivity contribution in [3.63, 3.8) is 0 Å². The van der Waals surface area contributed by atoms with E-state index in [1.807, 2.05) is 0 Å².